The quantitative estimate of drug-likeness (QED) is 0.768. The molecule has 1 aliphatic carbocycles. The largest absolute Gasteiger partial charge is 0.492 e. The summed E-state index contributed by atoms with van der Waals surface area (Å²) in [6.07, 6.45) is 2.79. The molecule has 1 aromatic rings. The molecule has 2 rings (SSSR count). The van der Waals surface area contributed by atoms with Gasteiger partial charge in [0, 0.05) is 18.2 Å². The number of amides is 1. The summed E-state index contributed by atoms with van der Waals surface area (Å²) in [5.41, 5.74) is 7.35. The lowest BCUT2D eigenvalue weighted by Crippen LogP contribution is -2.18. The van der Waals surface area contributed by atoms with Crippen LogP contribution in [-0.4, -0.2) is 18.6 Å². The normalized spacial score (nSPS) is 14.5. The number of nitrogens with one attached hydrogen (secondary N) is 1. The molecule has 4 nitrogen and oxygen atoms in total. The number of nitrogens with two attached hydrogens (primary N) is 1. The van der Waals surface area contributed by atoms with Crippen LogP contribution >= 0.6 is 0 Å². The Kier molecular flexibility index (Phi) is 4.20. The molecule has 0 heterocycles. The van der Waals surface area contributed by atoms with Crippen LogP contribution < -0.4 is 15.8 Å². The van der Waals surface area contributed by atoms with Crippen molar-refractivity contribution in [3.8, 4) is 5.75 Å². The van der Waals surface area contributed by atoms with E-state index in [-0.39, 0.29) is 12.3 Å². The molecule has 0 aromatic heterocycles. The second-order valence-corrected chi connectivity index (χ2v) is 4.78. The van der Waals surface area contributed by atoms with Gasteiger partial charge < -0.3 is 15.8 Å². The number of hydrogen-bond acceptors (Lipinski definition) is 3. The average Bonchev–Trinajstić information content (AvgIpc) is 3.12. The Labute approximate surface area is 108 Å². The summed E-state index contributed by atoms with van der Waals surface area (Å²) in [4.78, 5) is 10.7. The second kappa shape index (κ2) is 5.87. The molecule has 0 unspecified atom stereocenters. The molecule has 0 bridgehead atoms. The average molecular weight is 248 g/mol. The van der Waals surface area contributed by atoms with Crippen molar-refractivity contribution in [3.05, 3.63) is 29.3 Å². The summed E-state index contributed by atoms with van der Waals surface area (Å²) < 4.78 is 5.69. The zero-order valence-corrected chi connectivity index (χ0v) is 10.7. The first-order chi connectivity index (χ1) is 8.66. The van der Waals surface area contributed by atoms with Crippen molar-refractivity contribution in [3.63, 3.8) is 0 Å². The van der Waals surface area contributed by atoms with Crippen molar-refractivity contribution in [1.82, 2.24) is 5.32 Å². The molecule has 3 N–H and O–H groups in total. The van der Waals surface area contributed by atoms with Crippen molar-refractivity contribution >= 4 is 5.91 Å². The fourth-order valence-corrected chi connectivity index (χ4v) is 1.85. The number of ether oxygens (including phenoxy) is 1. The van der Waals surface area contributed by atoms with Gasteiger partial charge in [-0.15, -0.1) is 0 Å². The SMILES string of the molecule is Cc1cccc(CNC2CC2)c1OCCC(N)=O. The molecule has 1 fully saturated rings. The molecule has 1 saturated carbocycles. The van der Waals surface area contributed by atoms with Crippen molar-refractivity contribution < 1.29 is 9.53 Å². The predicted octanol–water partition coefficient (Wildman–Crippen LogP) is 1.50. The molecule has 4 heteroatoms. The van der Waals surface area contributed by atoms with Crippen LogP contribution in [0.4, 0.5) is 0 Å². The van der Waals surface area contributed by atoms with E-state index >= 15 is 0 Å². The zero-order valence-electron chi connectivity index (χ0n) is 10.7. The summed E-state index contributed by atoms with van der Waals surface area (Å²) in [6.45, 7) is 3.18. The highest BCUT2D eigenvalue weighted by atomic mass is 16.5. The minimum absolute atomic E-state index is 0.254. The van der Waals surface area contributed by atoms with Gasteiger partial charge in [0.1, 0.15) is 5.75 Å². The van der Waals surface area contributed by atoms with E-state index in [2.05, 4.69) is 11.4 Å². The minimum atomic E-state index is -0.332. The van der Waals surface area contributed by atoms with Crippen LogP contribution in [0.5, 0.6) is 5.75 Å². The summed E-state index contributed by atoms with van der Waals surface area (Å²) in [5.74, 6) is 0.549. The molecule has 98 valence electrons. The molecular weight excluding hydrogens is 228 g/mol. The Bertz CT molecular complexity index is 428. The van der Waals surface area contributed by atoms with Gasteiger partial charge in [-0.2, -0.15) is 0 Å². The van der Waals surface area contributed by atoms with Crippen molar-refractivity contribution in [2.45, 2.75) is 38.8 Å². The molecular formula is C14H20N2O2. The van der Waals surface area contributed by atoms with E-state index in [1.807, 2.05) is 19.1 Å². The molecule has 0 radical (unpaired) electrons. The fourth-order valence-electron chi connectivity index (χ4n) is 1.85. The van der Waals surface area contributed by atoms with E-state index in [1.54, 1.807) is 0 Å². The lowest BCUT2D eigenvalue weighted by atomic mass is 10.1. The van der Waals surface area contributed by atoms with Gasteiger partial charge in [0.2, 0.25) is 5.91 Å². The van der Waals surface area contributed by atoms with Gasteiger partial charge in [0.15, 0.2) is 0 Å². The highest BCUT2D eigenvalue weighted by molar-refractivity contribution is 5.73. The lowest BCUT2D eigenvalue weighted by molar-refractivity contribution is -0.118. The molecule has 1 aliphatic rings. The van der Waals surface area contributed by atoms with Crippen LogP contribution in [0.1, 0.15) is 30.4 Å². The van der Waals surface area contributed by atoms with Gasteiger partial charge >= 0.3 is 0 Å². The van der Waals surface area contributed by atoms with Gasteiger partial charge in [0.05, 0.1) is 13.0 Å². The molecule has 0 saturated heterocycles. The number of carbonyl (C=O) groups is 1. The van der Waals surface area contributed by atoms with Crippen LogP contribution in [0.15, 0.2) is 18.2 Å². The van der Waals surface area contributed by atoms with Crippen LogP contribution in [0.25, 0.3) is 0 Å². The lowest BCUT2D eigenvalue weighted by Gasteiger charge is -2.14. The molecule has 18 heavy (non-hydrogen) atoms. The Morgan fingerprint density at radius 1 is 1.50 bits per heavy atom. The van der Waals surface area contributed by atoms with Crippen LogP contribution in [0.3, 0.4) is 0 Å². The molecule has 1 amide bonds. The van der Waals surface area contributed by atoms with Crippen LogP contribution in [-0.2, 0) is 11.3 Å². The standard InChI is InChI=1S/C14H20N2O2/c1-10-3-2-4-11(9-16-12-5-6-12)14(10)18-8-7-13(15)17/h2-4,12,16H,5-9H2,1H3,(H2,15,17). The van der Waals surface area contributed by atoms with Gasteiger partial charge in [-0.3, -0.25) is 4.79 Å². The summed E-state index contributed by atoms with van der Waals surface area (Å²) in [7, 11) is 0. The third-order valence-electron chi connectivity index (χ3n) is 3.05. The Hall–Kier alpha value is -1.55. The molecule has 1 aromatic carbocycles. The number of benzene rings is 1. The Morgan fingerprint density at radius 2 is 2.28 bits per heavy atom. The van der Waals surface area contributed by atoms with Gasteiger partial charge in [-0.1, -0.05) is 18.2 Å². The molecule has 0 spiro atoms. The maximum atomic E-state index is 10.7. The van der Waals surface area contributed by atoms with E-state index in [4.69, 9.17) is 10.5 Å². The highest BCUT2D eigenvalue weighted by Gasteiger charge is 2.20. The summed E-state index contributed by atoms with van der Waals surface area (Å²) >= 11 is 0. The van der Waals surface area contributed by atoms with Crippen molar-refractivity contribution in [2.75, 3.05) is 6.61 Å². The van der Waals surface area contributed by atoms with E-state index in [0.29, 0.717) is 12.6 Å². The van der Waals surface area contributed by atoms with Gasteiger partial charge in [0.25, 0.3) is 0 Å². The topological polar surface area (TPSA) is 64.3 Å². The smallest absolute Gasteiger partial charge is 0.220 e. The number of aryl methyl sites for hydroxylation is 1. The number of hydrogen-bond donors (Lipinski definition) is 2. The van der Waals surface area contributed by atoms with Crippen LogP contribution in [0, 0.1) is 6.92 Å². The monoisotopic (exact) mass is 248 g/mol. The Balaban J connectivity index is 1.97. The van der Waals surface area contributed by atoms with Gasteiger partial charge in [-0.05, 0) is 25.3 Å². The predicted molar refractivity (Wildman–Crippen MR) is 70.3 cm³/mol. The molecule has 0 atom stereocenters. The number of carbonyl (C=O) groups excluding carboxylic acids is 1. The number of para-hydroxylation sites is 1. The number of rotatable bonds is 7. The molecule has 0 aliphatic heterocycles. The summed E-state index contributed by atoms with van der Waals surface area (Å²) in [5, 5.41) is 3.47. The minimum Gasteiger partial charge on any atom is -0.492 e. The number of primary amides is 1. The first-order valence-electron chi connectivity index (χ1n) is 6.40. The Morgan fingerprint density at radius 3 is 2.94 bits per heavy atom. The highest BCUT2D eigenvalue weighted by Crippen LogP contribution is 2.25. The van der Waals surface area contributed by atoms with Crippen LogP contribution in [0.2, 0.25) is 0 Å². The third-order valence-corrected chi connectivity index (χ3v) is 3.05. The van der Waals surface area contributed by atoms with E-state index in [9.17, 15) is 4.79 Å². The van der Waals surface area contributed by atoms with E-state index in [1.165, 1.54) is 12.8 Å². The maximum Gasteiger partial charge on any atom is 0.220 e. The second-order valence-electron chi connectivity index (χ2n) is 4.78. The van der Waals surface area contributed by atoms with Gasteiger partial charge in [-0.25, -0.2) is 0 Å². The third kappa shape index (κ3) is 3.74. The van der Waals surface area contributed by atoms with Crippen molar-refractivity contribution in [1.29, 1.82) is 0 Å². The van der Waals surface area contributed by atoms with E-state index in [0.717, 1.165) is 23.4 Å². The summed E-state index contributed by atoms with van der Waals surface area (Å²) in [6, 6.07) is 6.77. The van der Waals surface area contributed by atoms with Crippen molar-refractivity contribution in [2.24, 2.45) is 5.73 Å². The first kappa shape index (κ1) is 12.9. The van der Waals surface area contributed by atoms with E-state index < -0.39 is 0 Å². The zero-order chi connectivity index (χ0) is 13.0. The first-order valence-corrected chi connectivity index (χ1v) is 6.40. The maximum absolute atomic E-state index is 10.7. The fraction of sp³-hybridized carbons (Fsp3) is 0.500.